The summed E-state index contributed by atoms with van der Waals surface area (Å²) in [5.74, 6) is -1.78. The Labute approximate surface area is 103 Å². The summed E-state index contributed by atoms with van der Waals surface area (Å²) in [5.41, 5.74) is -5.38. The third kappa shape index (κ3) is 6.20. The predicted octanol–water partition coefficient (Wildman–Crippen LogP) is 1.56. The Balaban J connectivity index is 4.57. The van der Waals surface area contributed by atoms with Gasteiger partial charge in [-0.15, -0.1) is 0 Å². The van der Waals surface area contributed by atoms with E-state index < -0.39 is 34.0 Å². The quantitative estimate of drug-likeness (QED) is 0.745. The third-order valence-corrected chi connectivity index (χ3v) is 3.29. The number of carbonyl (C=O) groups is 1. The molecular formula is C9H16F3NO4S. The minimum Gasteiger partial charge on any atom is -0.481 e. The van der Waals surface area contributed by atoms with Gasteiger partial charge in [-0.05, 0) is 18.3 Å². The molecule has 0 aromatic carbocycles. The van der Waals surface area contributed by atoms with E-state index in [0.717, 1.165) is 0 Å². The van der Waals surface area contributed by atoms with Crippen LogP contribution >= 0.6 is 0 Å². The van der Waals surface area contributed by atoms with E-state index in [4.69, 9.17) is 5.11 Å². The fourth-order valence-corrected chi connectivity index (χ4v) is 2.08. The molecule has 0 saturated heterocycles. The zero-order chi connectivity index (χ0) is 14.6. The zero-order valence-electron chi connectivity index (χ0n) is 9.99. The first kappa shape index (κ1) is 17.2. The lowest BCUT2D eigenvalue weighted by Gasteiger charge is -2.18. The van der Waals surface area contributed by atoms with E-state index in [0.29, 0.717) is 6.42 Å². The molecule has 0 heterocycles. The Morgan fingerprint density at radius 2 is 1.83 bits per heavy atom. The number of sulfonamides is 1. The van der Waals surface area contributed by atoms with Crippen molar-refractivity contribution >= 4 is 16.0 Å². The highest BCUT2D eigenvalue weighted by Crippen LogP contribution is 2.22. The van der Waals surface area contributed by atoms with Gasteiger partial charge in [-0.25, -0.2) is 13.1 Å². The normalized spacial score (nSPS) is 14.8. The Morgan fingerprint density at radius 1 is 1.33 bits per heavy atom. The molecular weight excluding hydrogens is 275 g/mol. The standard InChI is InChI=1S/C9H16F3NO4S/c1-6(2)3-7(4-8(14)15)5-13-18(16,17)9(10,11)12/h6-7,13H,3-5H2,1-2H3,(H,14,15)/t7-/m0/s1. The molecule has 0 aromatic heterocycles. The van der Waals surface area contributed by atoms with Crippen molar-refractivity contribution < 1.29 is 31.5 Å². The van der Waals surface area contributed by atoms with Crippen LogP contribution in [0.1, 0.15) is 26.7 Å². The van der Waals surface area contributed by atoms with Crippen molar-refractivity contribution in [2.45, 2.75) is 32.2 Å². The highest BCUT2D eigenvalue weighted by atomic mass is 32.2. The molecule has 0 spiro atoms. The first-order valence-electron chi connectivity index (χ1n) is 5.23. The molecule has 5 nitrogen and oxygen atoms in total. The lowest BCUT2D eigenvalue weighted by Crippen LogP contribution is -2.39. The molecule has 0 rings (SSSR count). The number of aliphatic carboxylic acids is 1. The summed E-state index contributed by atoms with van der Waals surface area (Å²) in [6.07, 6.45) is -0.0504. The summed E-state index contributed by atoms with van der Waals surface area (Å²) in [7, 11) is -5.41. The van der Waals surface area contributed by atoms with Crippen LogP contribution in [0.3, 0.4) is 0 Å². The van der Waals surface area contributed by atoms with Crippen LogP contribution < -0.4 is 4.72 Å². The molecule has 18 heavy (non-hydrogen) atoms. The van der Waals surface area contributed by atoms with Crippen LogP contribution in [-0.4, -0.2) is 31.5 Å². The van der Waals surface area contributed by atoms with Crippen LogP contribution in [0.5, 0.6) is 0 Å². The van der Waals surface area contributed by atoms with E-state index in [2.05, 4.69) is 0 Å². The molecule has 0 radical (unpaired) electrons. The monoisotopic (exact) mass is 291 g/mol. The number of rotatable bonds is 7. The molecule has 0 unspecified atom stereocenters. The molecule has 0 aliphatic heterocycles. The Hall–Kier alpha value is -0.830. The molecule has 2 N–H and O–H groups in total. The predicted molar refractivity (Wildman–Crippen MR) is 58.2 cm³/mol. The van der Waals surface area contributed by atoms with Crippen molar-refractivity contribution in [3.05, 3.63) is 0 Å². The van der Waals surface area contributed by atoms with Crippen molar-refractivity contribution in [3.8, 4) is 0 Å². The molecule has 0 saturated carbocycles. The van der Waals surface area contributed by atoms with Crippen molar-refractivity contribution in [2.75, 3.05) is 6.54 Å². The van der Waals surface area contributed by atoms with E-state index in [1.807, 2.05) is 0 Å². The number of hydrogen-bond donors (Lipinski definition) is 2. The number of nitrogens with one attached hydrogen (secondary N) is 1. The molecule has 0 bridgehead atoms. The number of alkyl halides is 3. The Bertz CT molecular complexity index is 378. The van der Waals surface area contributed by atoms with E-state index in [1.54, 1.807) is 13.8 Å². The van der Waals surface area contributed by atoms with Gasteiger partial charge in [0.25, 0.3) is 0 Å². The molecule has 0 fully saturated rings. The van der Waals surface area contributed by atoms with Gasteiger partial charge >= 0.3 is 21.5 Å². The molecule has 1 atom stereocenters. The van der Waals surface area contributed by atoms with Crippen LogP contribution in [0, 0.1) is 11.8 Å². The fraction of sp³-hybridized carbons (Fsp3) is 0.889. The SMILES string of the molecule is CC(C)C[C@H](CNS(=O)(=O)C(F)(F)F)CC(=O)O. The summed E-state index contributed by atoms with van der Waals surface area (Å²) < 4.78 is 59.0. The summed E-state index contributed by atoms with van der Waals surface area (Å²) in [5, 5.41) is 8.59. The number of carboxylic acids is 1. The molecule has 0 amide bonds. The van der Waals surface area contributed by atoms with Gasteiger partial charge in [0.05, 0.1) is 0 Å². The van der Waals surface area contributed by atoms with Gasteiger partial charge in [-0.1, -0.05) is 13.8 Å². The van der Waals surface area contributed by atoms with Crippen molar-refractivity contribution in [1.29, 1.82) is 0 Å². The fourth-order valence-electron chi connectivity index (χ4n) is 1.46. The average molecular weight is 291 g/mol. The molecule has 0 aliphatic rings. The van der Waals surface area contributed by atoms with Gasteiger partial charge in [0, 0.05) is 13.0 Å². The first-order valence-corrected chi connectivity index (χ1v) is 6.71. The van der Waals surface area contributed by atoms with Crippen LogP contribution in [0.2, 0.25) is 0 Å². The average Bonchev–Trinajstić information content (AvgIpc) is 2.10. The highest BCUT2D eigenvalue weighted by Gasteiger charge is 2.45. The topological polar surface area (TPSA) is 83.5 Å². The maximum absolute atomic E-state index is 12.0. The summed E-state index contributed by atoms with van der Waals surface area (Å²) in [4.78, 5) is 10.5. The Morgan fingerprint density at radius 3 is 2.17 bits per heavy atom. The minimum absolute atomic E-state index is 0.0599. The van der Waals surface area contributed by atoms with Crippen LogP contribution in [-0.2, 0) is 14.8 Å². The second kappa shape index (κ2) is 6.37. The first-order chi connectivity index (χ1) is 7.95. The van der Waals surface area contributed by atoms with Crippen LogP contribution in [0.4, 0.5) is 13.2 Å². The molecule has 108 valence electrons. The summed E-state index contributed by atoms with van der Waals surface area (Å²) in [6.45, 7) is 3.01. The molecule has 9 heteroatoms. The highest BCUT2D eigenvalue weighted by molar-refractivity contribution is 7.90. The number of halogens is 3. The molecule has 0 aromatic rings. The van der Waals surface area contributed by atoms with Crippen LogP contribution in [0.15, 0.2) is 0 Å². The van der Waals surface area contributed by atoms with E-state index in [9.17, 15) is 26.4 Å². The van der Waals surface area contributed by atoms with Gasteiger partial charge in [-0.2, -0.15) is 13.2 Å². The third-order valence-electron chi connectivity index (χ3n) is 2.13. The molecule has 0 aliphatic carbocycles. The smallest absolute Gasteiger partial charge is 0.481 e. The van der Waals surface area contributed by atoms with Gasteiger partial charge in [0.2, 0.25) is 0 Å². The van der Waals surface area contributed by atoms with Gasteiger partial charge in [0.15, 0.2) is 0 Å². The zero-order valence-corrected chi connectivity index (χ0v) is 10.8. The van der Waals surface area contributed by atoms with E-state index >= 15 is 0 Å². The maximum atomic E-state index is 12.0. The van der Waals surface area contributed by atoms with Gasteiger partial charge in [0.1, 0.15) is 0 Å². The largest absolute Gasteiger partial charge is 0.511 e. The van der Waals surface area contributed by atoms with Crippen molar-refractivity contribution in [2.24, 2.45) is 11.8 Å². The lowest BCUT2D eigenvalue weighted by atomic mass is 9.94. The van der Waals surface area contributed by atoms with Crippen molar-refractivity contribution in [3.63, 3.8) is 0 Å². The maximum Gasteiger partial charge on any atom is 0.511 e. The lowest BCUT2D eigenvalue weighted by molar-refractivity contribution is -0.138. The van der Waals surface area contributed by atoms with E-state index in [-0.39, 0.29) is 12.3 Å². The van der Waals surface area contributed by atoms with Crippen LogP contribution in [0.25, 0.3) is 0 Å². The van der Waals surface area contributed by atoms with Gasteiger partial charge in [-0.3, -0.25) is 4.79 Å². The Kier molecular flexibility index (Phi) is 6.08. The summed E-state index contributed by atoms with van der Waals surface area (Å²) in [6, 6.07) is 0. The summed E-state index contributed by atoms with van der Waals surface area (Å²) >= 11 is 0. The van der Waals surface area contributed by atoms with Crippen molar-refractivity contribution in [1.82, 2.24) is 4.72 Å². The minimum atomic E-state index is -5.41. The van der Waals surface area contributed by atoms with E-state index in [1.165, 1.54) is 4.72 Å². The second-order valence-electron chi connectivity index (χ2n) is 4.39. The van der Waals surface area contributed by atoms with Gasteiger partial charge < -0.3 is 5.11 Å². The number of carboxylic acid groups (broad SMARTS) is 1. The number of hydrogen-bond acceptors (Lipinski definition) is 3. The second-order valence-corrected chi connectivity index (χ2v) is 6.15.